The van der Waals surface area contributed by atoms with Crippen LogP contribution < -0.4 is 4.31 Å². The van der Waals surface area contributed by atoms with Gasteiger partial charge in [0, 0.05) is 12.0 Å². The minimum atomic E-state index is -3.45. The van der Waals surface area contributed by atoms with Crippen molar-refractivity contribution in [2.45, 2.75) is 18.3 Å². The van der Waals surface area contributed by atoms with Crippen molar-refractivity contribution in [2.24, 2.45) is 0 Å². The molecule has 0 saturated carbocycles. The number of nitrogens with zero attached hydrogens (tertiary/aromatic N) is 2. The maximum Gasteiger partial charge on any atom is 0.232 e. The summed E-state index contributed by atoms with van der Waals surface area (Å²) in [6.45, 7) is 2.19. The largest absolute Gasteiger partial charge is 0.306 e. The fraction of sp³-hybridized carbons (Fsp3) is 0.571. The molecule has 4 nitrogen and oxygen atoms in total. The molecule has 1 aromatic carbocycles. The average Bonchev–Trinajstić information content (AvgIpc) is 2.70. The molecule has 110 valence electrons. The zero-order valence-corrected chi connectivity index (χ0v) is 12.6. The Balaban J connectivity index is 2.13. The van der Waals surface area contributed by atoms with Crippen molar-refractivity contribution >= 4 is 15.7 Å². The molecule has 1 fully saturated rings. The third kappa shape index (κ3) is 2.02. The van der Waals surface area contributed by atoms with Crippen LogP contribution >= 0.6 is 0 Å². The highest BCUT2D eigenvalue weighted by Crippen LogP contribution is 2.48. The van der Waals surface area contributed by atoms with Crippen LogP contribution in [0, 0.1) is 5.82 Å². The molecule has 1 saturated heterocycles. The number of piperidine rings is 1. The molecule has 0 unspecified atom stereocenters. The van der Waals surface area contributed by atoms with Gasteiger partial charge in [-0.15, -0.1) is 0 Å². The predicted octanol–water partition coefficient (Wildman–Crippen LogP) is 1.57. The highest BCUT2D eigenvalue weighted by Gasteiger charge is 2.47. The minimum absolute atomic E-state index is 0.229. The van der Waals surface area contributed by atoms with Gasteiger partial charge in [-0.25, -0.2) is 12.8 Å². The Morgan fingerprint density at radius 3 is 2.50 bits per heavy atom. The molecular weight excluding hydrogens is 279 g/mol. The summed E-state index contributed by atoms with van der Waals surface area (Å²) in [5.74, 6) is -0.441. The van der Waals surface area contributed by atoms with Gasteiger partial charge in [0.05, 0.1) is 11.9 Å². The van der Waals surface area contributed by atoms with Gasteiger partial charge in [0.15, 0.2) is 0 Å². The van der Waals surface area contributed by atoms with Crippen LogP contribution in [0.1, 0.15) is 18.4 Å². The summed E-state index contributed by atoms with van der Waals surface area (Å²) in [6.07, 6.45) is 2.88. The molecule has 0 amide bonds. The number of rotatable bonds is 1. The van der Waals surface area contributed by atoms with Gasteiger partial charge in [0.2, 0.25) is 10.0 Å². The number of anilines is 1. The Kier molecular flexibility index (Phi) is 3.06. The first-order valence-corrected chi connectivity index (χ1v) is 8.64. The van der Waals surface area contributed by atoms with Crippen molar-refractivity contribution in [3.05, 3.63) is 29.6 Å². The molecule has 0 aromatic heterocycles. The van der Waals surface area contributed by atoms with Gasteiger partial charge in [-0.3, -0.25) is 4.31 Å². The number of sulfonamides is 1. The normalized spacial score (nSPS) is 22.2. The van der Waals surface area contributed by atoms with Gasteiger partial charge >= 0.3 is 0 Å². The lowest BCUT2D eigenvalue weighted by Gasteiger charge is -2.38. The molecule has 0 radical (unpaired) electrons. The Morgan fingerprint density at radius 1 is 1.25 bits per heavy atom. The Bertz CT molecular complexity index is 637. The molecule has 0 atom stereocenters. The van der Waals surface area contributed by atoms with Crippen LogP contribution in [-0.2, 0) is 15.4 Å². The van der Waals surface area contributed by atoms with E-state index in [0.29, 0.717) is 6.54 Å². The lowest BCUT2D eigenvalue weighted by atomic mass is 9.74. The minimum Gasteiger partial charge on any atom is -0.306 e. The third-order valence-corrected chi connectivity index (χ3v) is 5.71. The van der Waals surface area contributed by atoms with Gasteiger partial charge in [-0.1, -0.05) is 12.1 Å². The van der Waals surface area contributed by atoms with Crippen LogP contribution in [-0.4, -0.2) is 46.3 Å². The van der Waals surface area contributed by atoms with E-state index in [2.05, 4.69) is 11.9 Å². The number of likely N-dealkylation sites (tertiary alicyclic amines) is 1. The van der Waals surface area contributed by atoms with Crippen molar-refractivity contribution in [2.75, 3.05) is 37.2 Å². The maximum absolute atomic E-state index is 14.2. The topological polar surface area (TPSA) is 40.6 Å². The second-order valence-electron chi connectivity index (χ2n) is 5.99. The van der Waals surface area contributed by atoms with Gasteiger partial charge in [0.25, 0.3) is 0 Å². The summed E-state index contributed by atoms with van der Waals surface area (Å²) in [5, 5.41) is 0. The number of benzene rings is 1. The summed E-state index contributed by atoms with van der Waals surface area (Å²) in [7, 11) is -1.39. The van der Waals surface area contributed by atoms with Gasteiger partial charge in [-0.05, 0) is 44.6 Å². The quantitative estimate of drug-likeness (QED) is 0.790. The van der Waals surface area contributed by atoms with Crippen LogP contribution in [0.5, 0.6) is 0 Å². The van der Waals surface area contributed by atoms with Crippen LogP contribution in [0.2, 0.25) is 0 Å². The molecule has 3 rings (SSSR count). The summed E-state index contributed by atoms with van der Waals surface area (Å²) < 4.78 is 39.4. The molecule has 0 bridgehead atoms. The SMILES string of the molecule is CN1CCC2(CC1)CN(S(C)(=O)=O)c1c(F)cccc12. The first-order valence-electron chi connectivity index (χ1n) is 6.79. The summed E-state index contributed by atoms with van der Waals surface area (Å²) in [6, 6.07) is 4.90. The number of halogens is 1. The Morgan fingerprint density at radius 2 is 1.90 bits per heavy atom. The smallest absolute Gasteiger partial charge is 0.232 e. The first kappa shape index (κ1) is 13.8. The van der Waals surface area contributed by atoms with Crippen molar-refractivity contribution < 1.29 is 12.8 Å². The molecule has 2 aliphatic rings. The van der Waals surface area contributed by atoms with Gasteiger partial charge < -0.3 is 4.90 Å². The molecule has 20 heavy (non-hydrogen) atoms. The zero-order chi connectivity index (χ0) is 14.5. The standard InChI is InChI=1S/C14H19FN2O2S/c1-16-8-6-14(7-9-16)10-17(20(2,18)19)13-11(14)4-3-5-12(13)15/h3-5H,6-10H2,1-2H3. The molecule has 2 aliphatic heterocycles. The highest BCUT2D eigenvalue weighted by molar-refractivity contribution is 7.92. The number of para-hydroxylation sites is 1. The predicted molar refractivity (Wildman–Crippen MR) is 77.0 cm³/mol. The van der Waals surface area contributed by atoms with E-state index < -0.39 is 15.8 Å². The fourth-order valence-corrected chi connectivity index (χ4v) is 4.39. The van der Waals surface area contributed by atoms with E-state index in [1.165, 1.54) is 10.4 Å². The molecule has 2 heterocycles. The summed E-state index contributed by atoms with van der Waals surface area (Å²) >= 11 is 0. The zero-order valence-electron chi connectivity index (χ0n) is 11.8. The average molecular weight is 298 g/mol. The van der Waals surface area contributed by atoms with E-state index >= 15 is 0 Å². The molecule has 6 heteroatoms. The summed E-state index contributed by atoms with van der Waals surface area (Å²) in [5.41, 5.74) is 0.892. The third-order valence-electron chi connectivity index (χ3n) is 4.60. The van der Waals surface area contributed by atoms with E-state index in [0.717, 1.165) is 37.8 Å². The monoisotopic (exact) mass is 298 g/mol. The second-order valence-corrected chi connectivity index (χ2v) is 7.90. The Labute approximate surface area is 119 Å². The van der Waals surface area contributed by atoms with Crippen LogP contribution in [0.4, 0.5) is 10.1 Å². The maximum atomic E-state index is 14.2. The van der Waals surface area contributed by atoms with E-state index in [1.54, 1.807) is 6.07 Å². The molecule has 0 N–H and O–H groups in total. The molecule has 1 spiro atoms. The van der Waals surface area contributed by atoms with Crippen molar-refractivity contribution in [3.8, 4) is 0 Å². The van der Waals surface area contributed by atoms with E-state index in [-0.39, 0.29) is 11.1 Å². The molecular formula is C14H19FN2O2S. The van der Waals surface area contributed by atoms with Crippen molar-refractivity contribution in [1.82, 2.24) is 4.90 Å². The van der Waals surface area contributed by atoms with Crippen molar-refractivity contribution in [3.63, 3.8) is 0 Å². The van der Waals surface area contributed by atoms with E-state index in [1.807, 2.05) is 6.07 Å². The molecule has 0 aliphatic carbocycles. The molecule has 1 aromatic rings. The van der Waals surface area contributed by atoms with Gasteiger partial charge in [-0.2, -0.15) is 0 Å². The van der Waals surface area contributed by atoms with E-state index in [9.17, 15) is 12.8 Å². The summed E-state index contributed by atoms with van der Waals surface area (Å²) in [4.78, 5) is 2.23. The lowest BCUT2D eigenvalue weighted by Crippen LogP contribution is -2.44. The van der Waals surface area contributed by atoms with Gasteiger partial charge in [0.1, 0.15) is 5.82 Å². The van der Waals surface area contributed by atoms with Crippen molar-refractivity contribution in [1.29, 1.82) is 0 Å². The lowest BCUT2D eigenvalue weighted by molar-refractivity contribution is 0.198. The number of fused-ring (bicyclic) bond motifs is 2. The van der Waals surface area contributed by atoms with Crippen LogP contribution in [0.3, 0.4) is 0 Å². The van der Waals surface area contributed by atoms with E-state index in [4.69, 9.17) is 0 Å². The first-order chi connectivity index (χ1) is 9.33. The number of hydrogen-bond donors (Lipinski definition) is 0. The second kappa shape index (κ2) is 4.43. The highest BCUT2D eigenvalue weighted by atomic mass is 32.2. The Hall–Kier alpha value is -1.14. The van der Waals surface area contributed by atoms with Crippen LogP contribution in [0.25, 0.3) is 0 Å². The van der Waals surface area contributed by atoms with Crippen LogP contribution in [0.15, 0.2) is 18.2 Å². The fourth-order valence-electron chi connectivity index (χ4n) is 3.39. The number of hydrogen-bond acceptors (Lipinski definition) is 3.